The van der Waals surface area contributed by atoms with Crippen molar-refractivity contribution in [1.82, 2.24) is 9.88 Å². The van der Waals surface area contributed by atoms with Crippen LogP contribution in [0.15, 0.2) is 54.6 Å². The minimum Gasteiger partial charge on any atom is -0.493 e. The molecule has 0 spiro atoms. The van der Waals surface area contributed by atoms with Crippen LogP contribution in [0.5, 0.6) is 11.5 Å². The molecule has 0 saturated carbocycles. The minimum absolute atomic E-state index is 0.0852. The molecule has 0 bridgehead atoms. The van der Waals surface area contributed by atoms with Gasteiger partial charge in [-0.2, -0.15) is 0 Å². The summed E-state index contributed by atoms with van der Waals surface area (Å²) in [6, 6.07) is 15.8. The Balaban J connectivity index is 1.42. The summed E-state index contributed by atoms with van der Waals surface area (Å²) in [5.74, 6) is 1.25. The molecule has 2 heterocycles. The van der Waals surface area contributed by atoms with Gasteiger partial charge in [0.25, 0.3) is 0 Å². The molecule has 3 aromatic rings. The molecule has 1 aliphatic heterocycles. The van der Waals surface area contributed by atoms with Crippen LogP contribution < -0.4 is 14.8 Å². The van der Waals surface area contributed by atoms with Crippen molar-refractivity contribution >= 4 is 17.3 Å². The first-order chi connectivity index (χ1) is 15.9. The fraction of sp³-hybridized carbons (Fsp3) is 0.308. The lowest BCUT2D eigenvalue weighted by atomic mass is 10.0. The second-order valence-electron chi connectivity index (χ2n) is 8.25. The molecule has 1 aromatic heterocycles. The van der Waals surface area contributed by atoms with Crippen LogP contribution in [0.1, 0.15) is 29.3 Å². The van der Waals surface area contributed by atoms with E-state index in [4.69, 9.17) is 14.5 Å². The molecular formula is C26H28FN3O3. The van der Waals surface area contributed by atoms with Crippen molar-refractivity contribution in [3.63, 3.8) is 0 Å². The number of amides is 1. The fourth-order valence-corrected chi connectivity index (χ4v) is 4.18. The van der Waals surface area contributed by atoms with Gasteiger partial charge in [-0.3, -0.25) is 9.78 Å². The molecule has 1 atom stereocenters. The number of halogens is 1. The molecule has 0 radical (unpaired) electrons. The number of aryl methyl sites for hydroxylation is 1. The Kier molecular flexibility index (Phi) is 6.77. The number of rotatable bonds is 7. The number of carbonyl (C=O) groups is 1. The van der Waals surface area contributed by atoms with Gasteiger partial charge in [-0.1, -0.05) is 6.07 Å². The van der Waals surface area contributed by atoms with Crippen LogP contribution in [0.3, 0.4) is 0 Å². The molecule has 172 valence electrons. The monoisotopic (exact) mass is 449 g/mol. The van der Waals surface area contributed by atoms with Crippen LogP contribution in [0, 0.1) is 12.7 Å². The third-order valence-electron chi connectivity index (χ3n) is 5.87. The normalized spacial score (nSPS) is 15.4. The number of likely N-dealkylation sites (tertiary alicyclic amines) is 1. The Labute approximate surface area is 193 Å². The van der Waals surface area contributed by atoms with E-state index in [1.165, 1.54) is 12.1 Å². The van der Waals surface area contributed by atoms with Crippen molar-refractivity contribution in [1.29, 1.82) is 0 Å². The Morgan fingerprint density at radius 3 is 2.55 bits per heavy atom. The molecule has 1 amide bonds. The average Bonchev–Trinajstić information content (AvgIpc) is 3.31. The second kappa shape index (κ2) is 9.90. The number of nitrogens with zero attached hydrogens (tertiary/aromatic N) is 2. The summed E-state index contributed by atoms with van der Waals surface area (Å²) in [4.78, 5) is 19.6. The van der Waals surface area contributed by atoms with Crippen LogP contribution in [-0.2, 0) is 11.2 Å². The van der Waals surface area contributed by atoms with Crippen molar-refractivity contribution in [2.45, 2.75) is 25.7 Å². The van der Waals surface area contributed by atoms with Crippen LogP contribution in [-0.4, -0.2) is 43.1 Å². The van der Waals surface area contributed by atoms with Crippen LogP contribution in [0.2, 0.25) is 0 Å². The number of pyridine rings is 1. The van der Waals surface area contributed by atoms with Gasteiger partial charge in [0, 0.05) is 41.8 Å². The highest BCUT2D eigenvalue weighted by molar-refractivity contribution is 5.79. The zero-order valence-electron chi connectivity index (χ0n) is 19.1. The number of methoxy groups -OCH3 is 2. The molecule has 4 rings (SSSR count). The zero-order chi connectivity index (χ0) is 23.4. The standard InChI is InChI=1S/C26H28FN3O3/c1-17-12-22(29-21-7-5-20(27)6-8-21)15-23(28-17)19-10-11-30(16-19)26(31)14-18-4-9-24(32-2)25(13-18)33-3/h4-9,12-13,15,19H,10-11,14,16H2,1-3H3,(H,28,29). The van der Waals surface area contributed by atoms with Crippen LogP contribution in [0.25, 0.3) is 0 Å². The Hall–Kier alpha value is -3.61. The molecule has 1 saturated heterocycles. The third kappa shape index (κ3) is 5.42. The van der Waals surface area contributed by atoms with E-state index in [0.29, 0.717) is 31.0 Å². The van der Waals surface area contributed by atoms with E-state index in [1.54, 1.807) is 26.4 Å². The summed E-state index contributed by atoms with van der Waals surface area (Å²) in [5.41, 5.74) is 4.46. The number of anilines is 2. The third-order valence-corrected chi connectivity index (χ3v) is 5.87. The average molecular weight is 450 g/mol. The Morgan fingerprint density at radius 1 is 1.06 bits per heavy atom. The van der Waals surface area contributed by atoms with Crippen LogP contribution in [0.4, 0.5) is 15.8 Å². The summed E-state index contributed by atoms with van der Waals surface area (Å²) in [6.45, 7) is 3.29. The van der Waals surface area contributed by atoms with Crippen molar-refractivity contribution in [2.24, 2.45) is 0 Å². The molecule has 0 aliphatic carbocycles. The molecule has 1 fully saturated rings. The van der Waals surface area contributed by atoms with Gasteiger partial charge in [0.1, 0.15) is 5.82 Å². The number of carbonyl (C=O) groups excluding carboxylic acids is 1. The van der Waals surface area contributed by atoms with E-state index in [-0.39, 0.29) is 17.6 Å². The molecule has 1 aliphatic rings. The maximum absolute atomic E-state index is 13.2. The molecule has 1 N–H and O–H groups in total. The first-order valence-electron chi connectivity index (χ1n) is 10.9. The van der Waals surface area contributed by atoms with Gasteiger partial charge in [-0.25, -0.2) is 4.39 Å². The van der Waals surface area contributed by atoms with Gasteiger partial charge in [-0.15, -0.1) is 0 Å². The van der Waals surface area contributed by atoms with Crippen molar-refractivity contribution in [2.75, 3.05) is 32.6 Å². The van der Waals surface area contributed by atoms with Crippen molar-refractivity contribution in [3.05, 3.63) is 77.4 Å². The van der Waals surface area contributed by atoms with E-state index in [9.17, 15) is 9.18 Å². The summed E-state index contributed by atoms with van der Waals surface area (Å²) in [6.07, 6.45) is 1.18. The molecule has 33 heavy (non-hydrogen) atoms. The number of aromatic nitrogens is 1. The first kappa shape index (κ1) is 22.6. The Bertz CT molecular complexity index is 1130. The molecule has 1 unspecified atom stereocenters. The highest BCUT2D eigenvalue weighted by Gasteiger charge is 2.28. The predicted molar refractivity (Wildman–Crippen MR) is 126 cm³/mol. The lowest BCUT2D eigenvalue weighted by Gasteiger charge is -2.18. The van der Waals surface area contributed by atoms with Gasteiger partial charge in [0.15, 0.2) is 11.5 Å². The lowest BCUT2D eigenvalue weighted by Crippen LogP contribution is -2.30. The van der Waals surface area contributed by atoms with E-state index in [1.807, 2.05) is 42.2 Å². The quantitative estimate of drug-likeness (QED) is 0.559. The highest BCUT2D eigenvalue weighted by Crippen LogP contribution is 2.31. The summed E-state index contributed by atoms with van der Waals surface area (Å²) >= 11 is 0. The number of nitrogens with one attached hydrogen (secondary N) is 1. The summed E-state index contributed by atoms with van der Waals surface area (Å²) in [5, 5.41) is 3.31. The number of ether oxygens (including phenoxy) is 2. The number of hydrogen-bond acceptors (Lipinski definition) is 5. The van der Waals surface area contributed by atoms with E-state index in [2.05, 4.69) is 5.32 Å². The van der Waals surface area contributed by atoms with Gasteiger partial charge < -0.3 is 19.7 Å². The van der Waals surface area contributed by atoms with Crippen molar-refractivity contribution < 1.29 is 18.7 Å². The van der Waals surface area contributed by atoms with E-state index < -0.39 is 0 Å². The topological polar surface area (TPSA) is 63.7 Å². The van der Waals surface area contributed by atoms with Gasteiger partial charge in [0.2, 0.25) is 5.91 Å². The largest absolute Gasteiger partial charge is 0.493 e. The maximum atomic E-state index is 13.2. The van der Waals surface area contributed by atoms with Gasteiger partial charge in [-0.05, 0) is 67.4 Å². The zero-order valence-corrected chi connectivity index (χ0v) is 19.1. The summed E-state index contributed by atoms with van der Waals surface area (Å²) in [7, 11) is 3.18. The SMILES string of the molecule is COc1ccc(CC(=O)N2CCC(c3cc(Nc4ccc(F)cc4)cc(C)n3)C2)cc1OC. The van der Waals surface area contributed by atoms with Gasteiger partial charge >= 0.3 is 0 Å². The smallest absolute Gasteiger partial charge is 0.227 e. The molecule has 2 aromatic carbocycles. The molecule has 6 nitrogen and oxygen atoms in total. The maximum Gasteiger partial charge on any atom is 0.227 e. The van der Waals surface area contributed by atoms with E-state index in [0.717, 1.165) is 34.7 Å². The molecular weight excluding hydrogens is 421 g/mol. The van der Waals surface area contributed by atoms with Gasteiger partial charge in [0.05, 0.1) is 20.6 Å². The predicted octanol–water partition coefficient (Wildman–Crippen LogP) is 4.85. The molecule has 7 heteroatoms. The Morgan fingerprint density at radius 2 is 1.82 bits per heavy atom. The lowest BCUT2D eigenvalue weighted by molar-refractivity contribution is -0.129. The summed E-state index contributed by atoms with van der Waals surface area (Å²) < 4.78 is 23.8. The first-order valence-corrected chi connectivity index (χ1v) is 10.9. The minimum atomic E-state index is -0.268. The second-order valence-corrected chi connectivity index (χ2v) is 8.25. The number of hydrogen-bond donors (Lipinski definition) is 1. The van der Waals surface area contributed by atoms with Crippen molar-refractivity contribution in [3.8, 4) is 11.5 Å². The van der Waals surface area contributed by atoms with E-state index >= 15 is 0 Å². The number of benzene rings is 2. The fourth-order valence-electron chi connectivity index (χ4n) is 4.18. The highest BCUT2D eigenvalue weighted by atomic mass is 19.1. The van der Waals surface area contributed by atoms with Crippen LogP contribution >= 0.6 is 0 Å².